The number of carbonyl (C=O) groups is 1. The van der Waals surface area contributed by atoms with E-state index in [1.807, 2.05) is 22.6 Å². The van der Waals surface area contributed by atoms with E-state index in [-0.39, 0.29) is 23.8 Å². The Labute approximate surface area is 127 Å². The van der Waals surface area contributed by atoms with Crippen molar-refractivity contribution in [3.8, 4) is 0 Å². The molecule has 2 rings (SSSR count). The van der Waals surface area contributed by atoms with Crippen LogP contribution in [0.4, 0.5) is 15.8 Å². The number of carbonyl (C=O) groups excluding carboxylic acids is 1. The third-order valence-electron chi connectivity index (χ3n) is 2.53. The predicted octanol–water partition coefficient (Wildman–Crippen LogP) is 1.81. The van der Waals surface area contributed by atoms with Gasteiger partial charge in [0.05, 0.1) is 5.69 Å². The van der Waals surface area contributed by atoms with Gasteiger partial charge in [0.2, 0.25) is 5.91 Å². The van der Waals surface area contributed by atoms with Gasteiger partial charge in [0.15, 0.2) is 0 Å². The average molecular weight is 387 g/mol. The standard InChI is InChI=1S/C13H11FIN3O2/c14-8-1-3-11(10(15)5-8)17-12(19)7-18-6-9(16)2-4-13(18)20/h1-6H,7,16H2,(H,17,19). The molecular formula is C13H11FIN3O2. The van der Waals surface area contributed by atoms with Gasteiger partial charge in [0, 0.05) is 21.5 Å². The summed E-state index contributed by atoms with van der Waals surface area (Å²) in [6.07, 6.45) is 1.40. The number of nitrogens with one attached hydrogen (secondary N) is 1. The lowest BCUT2D eigenvalue weighted by Gasteiger charge is -2.09. The lowest BCUT2D eigenvalue weighted by molar-refractivity contribution is -0.116. The van der Waals surface area contributed by atoms with Gasteiger partial charge in [-0.15, -0.1) is 0 Å². The summed E-state index contributed by atoms with van der Waals surface area (Å²) in [5.41, 5.74) is 6.14. The molecule has 0 bridgehead atoms. The molecule has 3 N–H and O–H groups in total. The van der Waals surface area contributed by atoms with Crippen LogP contribution in [0.25, 0.3) is 0 Å². The van der Waals surface area contributed by atoms with Gasteiger partial charge in [-0.2, -0.15) is 0 Å². The molecule has 0 saturated heterocycles. The van der Waals surface area contributed by atoms with Crippen molar-refractivity contribution in [2.24, 2.45) is 0 Å². The van der Waals surface area contributed by atoms with Gasteiger partial charge in [-0.05, 0) is 46.9 Å². The second-order valence-corrected chi connectivity index (χ2v) is 5.26. The van der Waals surface area contributed by atoms with Crippen molar-refractivity contribution < 1.29 is 9.18 Å². The van der Waals surface area contributed by atoms with Crippen LogP contribution < -0.4 is 16.6 Å². The fourth-order valence-corrected chi connectivity index (χ4v) is 2.22. The normalized spacial score (nSPS) is 10.3. The summed E-state index contributed by atoms with van der Waals surface area (Å²) >= 11 is 1.92. The van der Waals surface area contributed by atoms with Gasteiger partial charge in [-0.25, -0.2) is 4.39 Å². The molecule has 1 heterocycles. The topological polar surface area (TPSA) is 77.1 Å². The second kappa shape index (κ2) is 6.04. The summed E-state index contributed by atoms with van der Waals surface area (Å²) in [5.74, 6) is -0.762. The lowest BCUT2D eigenvalue weighted by atomic mass is 10.3. The molecule has 1 amide bonds. The first-order valence-electron chi connectivity index (χ1n) is 5.66. The van der Waals surface area contributed by atoms with Gasteiger partial charge in [0.1, 0.15) is 12.4 Å². The number of amides is 1. The summed E-state index contributed by atoms with van der Waals surface area (Å²) in [6.45, 7) is -0.155. The smallest absolute Gasteiger partial charge is 0.251 e. The summed E-state index contributed by atoms with van der Waals surface area (Å²) < 4.78 is 14.7. The van der Waals surface area contributed by atoms with Crippen LogP contribution in [0.5, 0.6) is 0 Å². The number of hydrogen-bond acceptors (Lipinski definition) is 3. The van der Waals surface area contributed by atoms with Gasteiger partial charge < -0.3 is 15.6 Å². The molecule has 2 aromatic rings. The third kappa shape index (κ3) is 3.56. The monoisotopic (exact) mass is 387 g/mol. The molecule has 0 spiro atoms. The van der Waals surface area contributed by atoms with Crippen molar-refractivity contribution in [3.63, 3.8) is 0 Å². The number of nitrogens with zero attached hydrogens (tertiary/aromatic N) is 1. The van der Waals surface area contributed by atoms with Gasteiger partial charge in [-0.3, -0.25) is 9.59 Å². The SMILES string of the molecule is Nc1ccc(=O)n(CC(=O)Nc2ccc(F)cc2I)c1. The molecule has 0 radical (unpaired) electrons. The molecule has 0 unspecified atom stereocenters. The van der Waals surface area contributed by atoms with E-state index >= 15 is 0 Å². The maximum atomic E-state index is 13.0. The van der Waals surface area contributed by atoms with Crippen molar-refractivity contribution in [1.82, 2.24) is 4.57 Å². The van der Waals surface area contributed by atoms with Crippen molar-refractivity contribution in [1.29, 1.82) is 0 Å². The number of nitrogens with two attached hydrogens (primary N) is 1. The van der Waals surface area contributed by atoms with Crippen molar-refractivity contribution in [2.75, 3.05) is 11.1 Å². The Morgan fingerprint density at radius 2 is 2.10 bits per heavy atom. The molecule has 5 nitrogen and oxygen atoms in total. The third-order valence-corrected chi connectivity index (χ3v) is 3.42. The predicted molar refractivity (Wildman–Crippen MR) is 82.9 cm³/mol. The molecule has 0 aliphatic carbocycles. The highest BCUT2D eigenvalue weighted by atomic mass is 127. The summed E-state index contributed by atoms with van der Waals surface area (Å²) in [6, 6.07) is 6.80. The molecule has 0 atom stereocenters. The zero-order valence-electron chi connectivity index (χ0n) is 10.3. The quantitative estimate of drug-likeness (QED) is 0.789. The molecule has 104 valence electrons. The molecule has 1 aromatic heterocycles. The van der Waals surface area contributed by atoms with E-state index < -0.39 is 0 Å². The van der Waals surface area contributed by atoms with Crippen LogP contribution >= 0.6 is 22.6 Å². The number of halogens is 2. The fraction of sp³-hybridized carbons (Fsp3) is 0.0769. The fourth-order valence-electron chi connectivity index (χ4n) is 1.61. The Balaban J connectivity index is 2.13. The van der Waals surface area contributed by atoms with Crippen LogP contribution in [-0.4, -0.2) is 10.5 Å². The van der Waals surface area contributed by atoms with Crippen molar-refractivity contribution >= 4 is 39.9 Å². The molecule has 0 aliphatic rings. The highest BCUT2D eigenvalue weighted by Crippen LogP contribution is 2.18. The van der Waals surface area contributed by atoms with E-state index in [9.17, 15) is 14.0 Å². The minimum absolute atomic E-state index is 0.155. The van der Waals surface area contributed by atoms with E-state index in [0.29, 0.717) is 14.9 Å². The van der Waals surface area contributed by atoms with Crippen LogP contribution in [0.3, 0.4) is 0 Å². The number of benzene rings is 1. The van der Waals surface area contributed by atoms with Gasteiger partial charge in [-0.1, -0.05) is 0 Å². The second-order valence-electron chi connectivity index (χ2n) is 4.10. The Hall–Kier alpha value is -1.90. The highest BCUT2D eigenvalue weighted by molar-refractivity contribution is 14.1. The molecule has 20 heavy (non-hydrogen) atoms. The summed E-state index contributed by atoms with van der Waals surface area (Å²) in [5, 5.41) is 2.62. The summed E-state index contributed by atoms with van der Waals surface area (Å²) in [4.78, 5) is 23.4. The largest absolute Gasteiger partial charge is 0.398 e. The lowest BCUT2D eigenvalue weighted by Crippen LogP contribution is -2.27. The van der Waals surface area contributed by atoms with Crippen LogP contribution in [0, 0.1) is 9.39 Å². The Bertz CT molecular complexity index is 715. The van der Waals surface area contributed by atoms with Gasteiger partial charge >= 0.3 is 0 Å². The van der Waals surface area contributed by atoms with E-state index in [1.54, 1.807) is 0 Å². The average Bonchev–Trinajstić information content (AvgIpc) is 2.37. The zero-order chi connectivity index (χ0) is 14.7. The number of nitrogen functional groups attached to an aromatic ring is 1. The van der Waals surface area contributed by atoms with Crippen LogP contribution in [0.1, 0.15) is 0 Å². The first-order valence-corrected chi connectivity index (χ1v) is 6.74. The van der Waals surface area contributed by atoms with E-state index in [4.69, 9.17) is 5.73 Å². The molecule has 7 heteroatoms. The van der Waals surface area contributed by atoms with Crippen LogP contribution in [0.15, 0.2) is 41.3 Å². The highest BCUT2D eigenvalue weighted by Gasteiger charge is 2.08. The number of anilines is 2. The zero-order valence-corrected chi connectivity index (χ0v) is 12.4. The first-order chi connectivity index (χ1) is 9.45. The number of hydrogen-bond donors (Lipinski definition) is 2. The molecule has 1 aromatic carbocycles. The number of aromatic nitrogens is 1. The maximum absolute atomic E-state index is 13.0. The number of pyridine rings is 1. The van der Waals surface area contributed by atoms with E-state index in [0.717, 1.165) is 0 Å². The maximum Gasteiger partial charge on any atom is 0.251 e. The molecular weight excluding hydrogens is 376 g/mol. The number of rotatable bonds is 3. The Morgan fingerprint density at radius 3 is 2.80 bits per heavy atom. The van der Waals surface area contributed by atoms with Gasteiger partial charge in [0.25, 0.3) is 5.56 Å². The van der Waals surface area contributed by atoms with Crippen molar-refractivity contribution in [3.05, 3.63) is 56.3 Å². The molecule has 0 fully saturated rings. The van der Waals surface area contributed by atoms with Crippen molar-refractivity contribution in [2.45, 2.75) is 6.54 Å². The summed E-state index contributed by atoms with van der Waals surface area (Å²) in [7, 11) is 0. The minimum atomic E-state index is -0.387. The molecule has 0 saturated carbocycles. The molecule has 0 aliphatic heterocycles. The van der Waals surface area contributed by atoms with E-state index in [2.05, 4.69) is 5.32 Å². The van der Waals surface area contributed by atoms with Crippen LogP contribution in [-0.2, 0) is 11.3 Å². The van der Waals surface area contributed by atoms with E-state index in [1.165, 1.54) is 41.1 Å². The Kier molecular flexibility index (Phi) is 4.38. The minimum Gasteiger partial charge on any atom is -0.398 e. The first kappa shape index (κ1) is 14.5. The van der Waals surface area contributed by atoms with Crippen LogP contribution in [0.2, 0.25) is 0 Å². The Morgan fingerprint density at radius 1 is 1.35 bits per heavy atom.